The number of nitrogens with one attached hydrogen (secondary N) is 1. The molecule has 0 saturated carbocycles. The molecule has 0 fully saturated rings. The van der Waals surface area contributed by atoms with Gasteiger partial charge in [-0.2, -0.15) is 5.10 Å². The third-order valence-corrected chi connectivity index (χ3v) is 4.79. The van der Waals surface area contributed by atoms with Gasteiger partial charge >= 0.3 is 0 Å². The van der Waals surface area contributed by atoms with E-state index in [9.17, 15) is 20.0 Å². The minimum Gasteiger partial charge on any atom is -0.389 e. The van der Waals surface area contributed by atoms with Crippen LogP contribution in [-0.4, -0.2) is 31.6 Å². The van der Waals surface area contributed by atoms with Gasteiger partial charge in [0.25, 0.3) is 5.69 Å². The topological polar surface area (TPSA) is 109 Å². The predicted octanol–water partition coefficient (Wildman–Crippen LogP) is 2.27. The monoisotopic (exact) mass is 329 g/mol. The molecule has 126 valence electrons. The van der Waals surface area contributed by atoms with E-state index >= 15 is 0 Å². The number of H-pyrrole nitrogens is 1. The summed E-state index contributed by atoms with van der Waals surface area (Å²) in [6.07, 6.45) is 0.266. The first-order chi connectivity index (χ1) is 11.2. The summed E-state index contributed by atoms with van der Waals surface area (Å²) in [5, 5.41) is 29.1. The van der Waals surface area contributed by atoms with Crippen molar-refractivity contribution in [1.29, 1.82) is 0 Å². The number of aryl methyl sites for hydroxylation is 1. The van der Waals surface area contributed by atoms with Crippen LogP contribution in [0.1, 0.15) is 42.3 Å². The fraction of sp³-hybridized carbons (Fsp3) is 0.412. The van der Waals surface area contributed by atoms with Gasteiger partial charge in [-0.05, 0) is 26.3 Å². The highest BCUT2D eigenvalue weighted by Gasteiger charge is 2.48. The smallest absolute Gasteiger partial charge is 0.269 e. The van der Waals surface area contributed by atoms with E-state index in [1.54, 1.807) is 19.1 Å². The first-order valence-electron chi connectivity index (χ1n) is 7.73. The molecule has 7 heteroatoms. The average molecular weight is 329 g/mol. The lowest BCUT2D eigenvalue weighted by molar-refractivity contribution is -0.384. The Labute approximate surface area is 138 Å². The summed E-state index contributed by atoms with van der Waals surface area (Å²) >= 11 is 0. The van der Waals surface area contributed by atoms with Crippen LogP contribution in [0, 0.1) is 23.0 Å². The van der Waals surface area contributed by atoms with Crippen molar-refractivity contribution in [3.05, 3.63) is 56.9 Å². The molecule has 0 saturated heterocycles. The molecule has 2 N–H and O–H groups in total. The van der Waals surface area contributed by atoms with Crippen LogP contribution in [0.4, 0.5) is 5.69 Å². The Morgan fingerprint density at radius 3 is 2.83 bits per heavy atom. The zero-order valence-electron chi connectivity index (χ0n) is 13.7. The number of rotatable bonds is 3. The molecule has 2 aromatic rings. The van der Waals surface area contributed by atoms with E-state index < -0.39 is 22.4 Å². The van der Waals surface area contributed by atoms with E-state index in [1.165, 1.54) is 19.1 Å². The summed E-state index contributed by atoms with van der Waals surface area (Å²) in [5.74, 6) is -1.31. The molecule has 24 heavy (non-hydrogen) atoms. The van der Waals surface area contributed by atoms with Gasteiger partial charge in [-0.3, -0.25) is 20.0 Å². The Bertz CT molecular complexity index is 825. The number of non-ortho nitro benzene ring substituents is 1. The Balaban J connectivity index is 2.24. The quantitative estimate of drug-likeness (QED) is 0.663. The molecule has 0 bridgehead atoms. The first-order valence-corrected chi connectivity index (χ1v) is 7.73. The lowest BCUT2D eigenvalue weighted by Gasteiger charge is -2.41. The molecule has 3 rings (SSSR count). The minimum absolute atomic E-state index is 0.0392. The van der Waals surface area contributed by atoms with Gasteiger partial charge in [0.2, 0.25) is 0 Å². The minimum atomic E-state index is -1.27. The van der Waals surface area contributed by atoms with Gasteiger partial charge in [0.05, 0.1) is 22.1 Å². The number of ketones is 1. The van der Waals surface area contributed by atoms with Crippen LogP contribution in [0.2, 0.25) is 0 Å². The molecule has 7 nitrogen and oxygen atoms in total. The molecule has 1 aliphatic carbocycles. The SMILES string of the molecule is CC(=O)[C@@H]1[C@H](c2cccc([N+](=O)[O-])c2)c2c(n[nH]c2C)C[C@@]1(C)O. The summed E-state index contributed by atoms with van der Waals surface area (Å²) in [5.41, 5.74) is 1.69. The number of nitrogens with zero attached hydrogens (tertiary/aromatic N) is 2. The van der Waals surface area contributed by atoms with Crippen molar-refractivity contribution in [1.82, 2.24) is 10.2 Å². The highest BCUT2D eigenvalue weighted by molar-refractivity contribution is 5.82. The highest BCUT2D eigenvalue weighted by atomic mass is 16.6. The number of fused-ring (bicyclic) bond motifs is 1. The molecule has 1 heterocycles. The van der Waals surface area contributed by atoms with Gasteiger partial charge in [0.1, 0.15) is 5.78 Å². The van der Waals surface area contributed by atoms with Crippen molar-refractivity contribution in [2.45, 2.75) is 38.7 Å². The molecule has 1 aromatic carbocycles. The number of Topliss-reactive ketones (excluding diaryl/α,β-unsaturated/α-hetero) is 1. The molecule has 0 spiro atoms. The van der Waals surface area contributed by atoms with Crippen LogP contribution in [0.15, 0.2) is 24.3 Å². The number of carbonyl (C=O) groups excluding carboxylic acids is 1. The Kier molecular flexibility index (Phi) is 3.76. The lowest BCUT2D eigenvalue weighted by Crippen LogP contribution is -2.48. The standard InChI is InChI=1S/C17H19N3O4/c1-9-14-13(19-18-9)8-17(3,22)16(10(2)21)15(14)11-5-4-6-12(7-11)20(23)24/h4-7,15-16,22H,8H2,1-3H3,(H,18,19)/t15-,16-,17-/m1/s1. The van der Waals surface area contributed by atoms with Crippen molar-refractivity contribution in [2.24, 2.45) is 5.92 Å². The van der Waals surface area contributed by atoms with E-state index in [0.29, 0.717) is 11.3 Å². The van der Waals surface area contributed by atoms with Gasteiger partial charge < -0.3 is 5.11 Å². The maximum atomic E-state index is 12.3. The molecule has 0 radical (unpaired) electrons. The Hall–Kier alpha value is -2.54. The maximum absolute atomic E-state index is 12.3. The number of nitro benzene ring substituents is 1. The van der Waals surface area contributed by atoms with E-state index in [1.807, 2.05) is 6.92 Å². The van der Waals surface area contributed by atoms with Crippen molar-refractivity contribution < 1.29 is 14.8 Å². The number of aliphatic hydroxyl groups is 1. The van der Waals surface area contributed by atoms with Crippen LogP contribution in [0.25, 0.3) is 0 Å². The molecular weight excluding hydrogens is 310 g/mol. The van der Waals surface area contributed by atoms with E-state index in [0.717, 1.165) is 11.3 Å². The number of benzene rings is 1. The second kappa shape index (κ2) is 5.52. The number of carbonyl (C=O) groups is 1. The van der Waals surface area contributed by atoms with Crippen molar-refractivity contribution in [3.63, 3.8) is 0 Å². The van der Waals surface area contributed by atoms with E-state index in [-0.39, 0.29) is 17.9 Å². The molecule has 1 aliphatic rings. The summed E-state index contributed by atoms with van der Waals surface area (Å²) in [4.78, 5) is 23.0. The van der Waals surface area contributed by atoms with E-state index in [2.05, 4.69) is 10.2 Å². The molecule has 0 unspecified atom stereocenters. The van der Waals surface area contributed by atoms with Gasteiger partial charge in [-0.25, -0.2) is 0 Å². The molecule has 3 atom stereocenters. The van der Waals surface area contributed by atoms with Gasteiger partial charge in [0, 0.05) is 35.7 Å². The van der Waals surface area contributed by atoms with Gasteiger partial charge in [-0.1, -0.05) is 12.1 Å². The van der Waals surface area contributed by atoms with Crippen molar-refractivity contribution in [3.8, 4) is 0 Å². The fourth-order valence-corrected chi connectivity index (χ4v) is 3.87. The third kappa shape index (κ3) is 2.50. The van der Waals surface area contributed by atoms with Crippen LogP contribution in [0.3, 0.4) is 0 Å². The third-order valence-electron chi connectivity index (χ3n) is 4.79. The second-order valence-electron chi connectivity index (χ2n) is 6.66. The van der Waals surface area contributed by atoms with Gasteiger partial charge in [-0.15, -0.1) is 0 Å². The molecule has 0 aliphatic heterocycles. The predicted molar refractivity (Wildman–Crippen MR) is 86.8 cm³/mol. The van der Waals surface area contributed by atoms with Crippen LogP contribution >= 0.6 is 0 Å². The van der Waals surface area contributed by atoms with Crippen molar-refractivity contribution >= 4 is 11.5 Å². The lowest BCUT2D eigenvalue weighted by atomic mass is 9.64. The number of hydrogen-bond donors (Lipinski definition) is 2. The number of hydrogen-bond acceptors (Lipinski definition) is 5. The second-order valence-corrected chi connectivity index (χ2v) is 6.66. The van der Waals surface area contributed by atoms with Crippen LogP contribution in [0.5, 0.6) is 0 Å². The Morgan fingerprint density at radius 2 is 2.21 bits per heavy atom. The van der Waals surface area contributed by atoms with Gasteiger partial charge in [0.15, 0.2) is 0 Å². The zero-order chi connectivity index (χ0) is 17.6. The van der Waals surface area contributed by atoms with Crippen molar-refractivity contribution in [2.75, 3.05) is 0 Å². The average Bonchev–Trinajstić information content (AvgIpc) is 2.85. The number of aromatic nitrogens is 2. The van der Waals surface area contributed by atoms with E-state index in [4.69, 9.17) is 0 Å². The zero-order valence-corrected chi connectivity index (χ0v) is 13.7. The first kappa shape index (κ1) is 16.3. The summed E-state index contributed by atoms with van der Waals surface area (Å²) < 4.78 is 0. The van der Waals surface area contributed by atoms with Crippen LogP contribution in [-0.2, 0) is 11.2 Å². The maximum Gasteiger partial charge on any atom is 0.269 e. The highest BCUT2D eigenvalue weighted by Crippen LogP contribution is 2.47. The summed E-state index contributed by atoms with van der Waals surface area (Å²) in [6.45, 7) is 4.92. The number of nitro groups is 1. The molecule has 0 amide bonds. The van der Waals surface area contributed by atoms with Crippen LogP contribution < -0.4 is 0 Å². The fourth-order valence-electron chi connectivity index (χ4n) is 3.87. The normalized spacial score (nSPS) is 26.0. The summed E-state index contributed by atoms with van der Waals surface area (Å²) in [7, 11) is 0. The molecule has 1 aromatic heterocycles. The molecular formula is C17H19N3O4. The summed E-state index contributed by atoms with van der Waals surface area (Å²) in [6, 6.07) is 6.24. The largest absolute Gasteiger partial charge is 0.389 e. The number of aromatic amines is 1. The Morgan fingerprint density at radius 1 is 1.50 bits per heavy atom.